The van der Waals surface area contributed by atoms with E-state index in [1.807, 2.05) is 26.0 Å². The van der Waals surface area contributed by atoms with Crippen molar-refractivity contribution in [1.29, 1.82) is 0 Å². The maximum absolute atomic E-state index is 13.4. The van der Waals surface area contributed by atoms with Crippen LogP contribution in [0.5, 0.6) is 0 Å². The largest absolute Gasteiger partial charge is 0.465 e. The van der Waals surface area contributed by atoms with Gasteiger partial charge in [-0.25, -0.2) is 13.2 Å². The molecule has 8 heteroatoms. The number of benzene rings is 1. The first-order chi connectivity index (χ1) is 11.7. The highest BCUT2D eigenvalue weighted by Gasteiger charge is 2.41. The van der Waals surface area contributed by atoms with E-state index < -0.39 is 16.0 Å². The Hall–Kier alpha value is -1.48. The number of fused-ring (bicyclic) bond motifs is 1. The molecule has 0 amide bonds. The number of methoxy groups -OCH3 is 1. The van der Waals surface area contributed by atoms with Gasteiger partial charge in [0.15, 0.2) is 0 Å². The molecule has 1 fully saturated rings. The van der Waals surface area contributed by atoms with Crippen LogP contribution in [0.25, 0.3) is 10.1 Å². The lowest BCUT2D eigenvalue weighted by Gasteiger charge is -2.41. The summed E-state index contributed by atoms with van der Waals surface area (Å²) in [5, 5.41) is 0.556. The maximum Gasteiger partial charge on any atom is 0.349 e. The van der Waals surface area contributed by atoms with Crippen molar-refractivity contribution in [3.8, 4) is 0 Å². The summed E-state index contributed by atoms with van der Waals surface area (Å²) in [6.45, 7) is 4.59. The number of thiophene rings is 1. The summed E-state index contributed by atoms with van der Waals surface area (Å²) in [6, 6.07) is 7.07. The zero-order valence-corrected chi connectivity index (χ0v) is 16.1. The van der Waals surface area contributed by atoms with E-state index in [1.165, 1.54) is 11.4 Å². The molecule has 0 bridgehead atoms. The number of carbonyl (C=O) groups excluding carboxylic acids is 1. The monoisotopic (exact) mass is 382 g/mol. The number of hydrogen-bond donors (Lipinski definition) is 1. The molecule has 0 radical (unpaired) electrons. The summed E-state index contributed by atoms with van der Waals surface area (Å²) in [4.78, 5) is 12.4. The van der Waals surface area contributed by atoms with Gasteiger partial charge < -0.3 is 10.5 Å². The minimum atomic E-state index is -3.84. The van der Waals surface area contributed by atoms with Gasteiger partial charge in [-0.05, 0) is 17.9 Å². The molecule has 2 N–H and O–H groups in total. The Balaban J connectivity index is 2.16. The van der Waals surface area contributed by atoms with E-state index in [9.17, 15) is 13.2 Å². The van der Waals surface area contributed by atoms with Crippen molar-refractivity contribution < 1.29 is 17.9 Å². The molecule has 1 aromatic carbocycles. The highest BCUT2D eigenvalue weighted by atomic mass is 32.2. The van der Waals surface area contributed by atoms with Crippen LogP contribution >= 0.6 is 11.3 Å². The van der Waals surface area contributed by atoms with Crippen molar-refractivity contribution in [2.75, 3.05) is 20.2 Å². The van der Waals surface area contributed by atoms with Gasteiger partial charge in [-0.3, -0.25) is 0 Å². The number of piperidine rings is 1. The molecule has 136 valence electrons. The van der Waals surface area contributed by atoms with Crippen LogP contribution in [0, 0.1) is 5.41 Å². The Morgan fingerprint density at radius 1 is 1.36 bits per heavy atom. The Morgan fingerprint density at radius 3 is 2.68 bits per heavy atom. The van der Waals surface area contributed by atoms with Gasteiger partial charge in [-0.1, -0.05) is 32.0 Å². The second-order valence-corrected chi connectivity index (χ2v) is 9.90. The number of hydrogen-bond acceptors (Lipinski definition) is 6. The Bertz CT molecular complexity index is 918. The molecule has 0 aliphatic carbocycles. The second kappa shape index (κ2) is 6.35. The van der Waals surface area contributed by atoms with E-state index in [0.717, 1.165) is 16.0 Å². The Labute approximate surface area is 151 Å². The van der Waals surface area contributed by atoms with Crippen molar-refractivity contribution in [3.63, 3.8) is 0 Å². The molecule has 1 aromatic heterocycles. The van der Waals surface area contributed by atoms with Crippen LogP contribution in [-0.2, 0) is 14.8 Å². The molecular weight excluding hydrogens is 360 g/mol. The van der Waals surface area contributed by atoms with Gasteiger partial charge in [-0.2, -0.15) is 4.31 Å². The number of nitrogens with two attached hydrogens (primary N) is 1. The molecule has 1 aliphatic rings. The number of nitrogens with zero attached hydrogens (tertiary/aromatic N) is 1. The lowest BCUT2D eigenvalue weighted by atomic mass is 9.81. The molecule has 1 saturated heterocycles. The molecule has 0 spiro atoms. The fourth-order valence-corrected chi connectivity index (χ4v) is 6.57. The first-order valence-corrected chi connectivity index (χ1v) is 10.3. The minimum absolute atomic E-state index is 0.0474. The number of ether oxygens (including phenoxy) is 1. The summed E-state index contributed by atoms with van der Waals surface area (Å²) in [5.74, 6) is -0.632. The van der Waals surface area contributed by atoms with Gasteiger partial charge in [0.1, 0.15) is 9.77 Å². The van der Waals surface area contributed by atoms with Gasteiger partial charge >= 0.3 is 5.97 Å². The fourth-order valence-electron chi connectivity index (χ4n) is 3.16. The zero-order valence-electron chi connectivity index (χ0n) is 14.5. The maximum atomic E-state index is 13.4. The average molecular weight is 383 g/mol. The molecule has 1 unspecified atom stereocenters. The predicted octanol–water partition coefficient (Wildman–Crippen LogP) is 2.44. The van der Waals surface area contributed by atoms with Crippen molar-refractivity contribution >= 4 is 37.4 Å². The summed E-state index contributed by atoms with van der Waals surface area (Å²) in [6.07, 6.45) is 0.585. The molecule has 25 heavy (non-hydrogen) atoms. The third-order valence-corrected chi connectivity index (χ3v) is 8.01. The Morgan fingerprint density at radius 2 is 2.04 bits per heavy atom. The minimum Gasteiger partial charge on any atom is -0.465 e. The molecule has 6 nitrogen and oxygen atoms in total. The standard InChI is InChI=1S/C17H22N2O4S2/c1-17(2)10-19(9-8-13(17)18)25(21,22)15-11-6-4-5-7-12(11)24-14(15)16(20)23-3/h4-7,13H,8-10,18H2,1-3H3. The first kappa shape index (κ1) is 18.3. The van der Waals surface area contributed by atoms with E-state index in [-0.39, 0.29) is 21.2 Å². The van der Waals surface area contributed by atoms with Crippen molar-refractivity contribution in [2.45, 2.75) is 31.2 Å². The summed E-state index contributed by atoms with van der Waals surface area (Å²) >= 11 is 1.14. The van der Waals surface area contributed by atoms with E-state index in [1.54, 1.807) is 12.1 Å². The van der Waals surface area contributed by atoms with Gasteiger partial charge in [0.2, 0.25) is 10.0 Å². The lowest BCUT2D eigenvalue weighted by Crippen LogP contribution is -2.53. The molecular formula is C17H22N2O4S2. The van der Waals surface area contributed by atoms with Crippen molar-refractivity contribution in [1.82, 2.24) is 4.31 Å². The zero-order chi connectivity index (χ0) is 18.4. The van der Waals surface area contributed by atoms with Gasteiger partial charge in [0, 0.05) is 29.2 Å². The topological polar surface area (TPSA) is 89.7 Å². The molecule has 2 aromatic rings. The number of carbonyl (C=O) groups is 1. The van der Waals surface area contributed by atoms with Crippen molar-refractivity contribution in [2.24, 2.45) is 11.1 Å². The third-order valence-electron chi connectivity index (χ3n) is 4.80. The molecule has 2 heterocycles. The van der Waals surface area contributed by atoms with E-state index in [0.29, 0.717) is 24.9 Å². The quantitative estimate of drug-likeness (QED) is 0.824. The predicted molar refractivity (Wildman–Crippen MR) is 98.3 cm³/mol. The van der Waals surface area contributed by atoms with Crippen LogP contribution in [0.1, 0.15) is 29.9 Å². The molecule has 1 aliphatic heterocycles. The first-order valence-electron chi connectivity index (χ1n) is 8.04. The van der Waals surface area contributed by atoms with Crippen LogP contribution in [0.3, 0.4) is 0 Å². The third kappa shape index (κ3) is 3.08. The Kier molecular flexibility index (Phi) is 4.65. The fraction of sp³-hybridized carbons (Fsp3) is 0.471. The normalized spacial score (nSPS) is 21.4. The van der Waals surface area contributed by atoms with E-state index in [2.05, 4.69) is 0 Å². The highest BCUT2D eigenvalue weighted by molar-refractivity contribution is 7.89. The summed E-state index contributed by atoms with van der Waals surface area (Å²) in [7, 11) is -2.58. The van der Waals surface area contributed by atoms with Crippen LogP contribution in [0.15, 0.2) is 29.2 Å². The number of esters is 1. The van der Waals surface area contributed by atoms with Crippen molar-refractivity contribution in [3.05, 3.63) is 29.1 Å². The smallest absolute Gasteiger partial charge is 0.349 e. The molecule has 3 rings (SSSR count). The van der Waals surface area contributed by atoms with Gasteiger partial charge in [-0.15, -0.1) is 11.3 Å². The van der Waals surface area contributed by atoms with Crippen LogP contribution < -0.4 is 5.73 Å². The summed E-state index contributed by atoms with van der Waals surface area (Å²) < 4.78 is 33.8. The number of sulfonamides is 1. The highest BCUT2D eigenvalue weighted by Crippen LogP contribution is 2.39. The SMILES string of the molecule is COC(=O)c1sc2ccccc2c1S(=O)(=O)N1CCC(N)C(C)(C)C1. The van der Waals surface area contributed by atoms with Crippen LogP contribution in [-0.4, -0.2) is 44.9 Å². The lowest BCUT2D eigenvalue weighted by molar-refractivity contribution is 0.0602. The molecule has 1 atom stereocenters. The number of rotatable bonds is 3. The van der Waals surface area contributed by atoms with Gasteiger partial charge in [0.25, 0.3) is 0 Å². The van der Waals surface area contributed by atoms with Crippen LogP contribution in [0.4, 0.5) is 0 Å². The van der Waals surface area contributed by atoms with E-state index >= 15 is 0 Å². The summed E-state index contributed by atoms with van der Waals surface area (Å²) in [5.41, 5.74) is 5.80. The van der Waals surface area contributed by atoms with Gasteiger partial charge in [0.05, 0.1) is 7.11 Å². The average Bonchev–Trinajstić information content (AvgIpc) is 2.96. The molecule has 0 saturated carbocycles. The van der Waals surface area contributed by atoms with Crippen LogP contribution in [0.2, 0.25) is 0 Å². The second-order valence-electron chi connectivity index (χ2n) is 6.97. The van der Waals surface area contributed by atoms with E-state index in [4.69, 9.17) is 10.5 Å².